The minimum Gasteiger partial charge on any atom is -0.466 e. The Hall–Kier alpha value is -0.530. The minimum atomic E-state index is 0.0174. The van der Waals surface area contributed by atoms with Crippen LogP contribution in [0, 0.1) is 5.92 Å². The largest absolute Gasteiger partial charge is 0.466 e. The van der Waals surface area contributed by atoms with Crippen molar-refractivity contribution in [3.8, 4) is 0 Å². The van der Waals surface area contributed by atoms with E-state index in [1.807, 2.05) is 0 Å². The van der Waals surface area contributed by atoms with E-state index in [4.69, 9.17) is 4.74 Å². The number of hydrogen-bond acceptors (Lipinski definition) is 2. The van der Waals surface area contributed by atoms with Crippen molar-refractivity contribution in [1.82, 2.24) is 0 Å². The quantitative estimate of drug-likeness (QED) is 0.124. The predicted molar refractivity (Wildman–Crippen MR) is 128 cm³/mol. The molecule has 0 amide bonds. The molecule has 0 radical (unpaired) electrons. The Bertz CT molecular complexity index is 324. The second-order valence-corrected chi connectivity index (χ2v) is 9.52. The summed E-state index contributed by atoms with van der Waals surface area (Å²) in [5.74, 6) is 0.850. The molecule has 0 heterocycles. The number of esters is 1. The third kappa shape index (κ3) is 25.4. The lowest BCUT2D eigenvalue weighted by molar-refractivity contribution is -0.143. The summed E-state index contributed by atoms with van der Waals surface area (Å²) in [6.45, 7) is 7.50. The highest BCUT2D eigenvalue weighted by molar-refractivity contribution is 5.69. The highest BCUT2D eigenvalue weighted by Crippen LogP contribution is 2.13. The zero-order valence-corrected chi connectivity index (χ0v) is 20.5. The van der Waals surface area contributed by atoms with Gasteiger partial charge in [-0.25, -0.2) is 0 Å². The molecule has 0 aromatic heterocycles. The lowest BCUT2D eigenvalue weighted by Gasteiger charge is -2.06. The first-order valence-electron chi connectivity index (χ1n) is 13.3. The van der Waals surface area contributed by atoms with E-state index >= 15 is 0 Å². The van der Waals surface area contributed by atoms with E-state index in [1.165, 1.54) is 116 Å². The van der Waals surface area contributed by atoms with Crippen LogP contribution in [0.1, 0.15) is 156 Å². The number of unbranched alkanes of at least 4 members (excludes halogenated alkanes) is 17. The van der Waals surface area contributed by atoms with Gasteiger partial charge < -0.3 is 4.74 Å². The van der Waals surface area contributed by atoms with Crippen LogP contribution in [0.4, 0.5) is 0 Å². The summed E-state index contributed by atoms with van der Waals surface area (Å²) in [6.07, 6.45) is 27.0. The maximum atomic E-state index is 11.7. The van der Waals surface area contributed by atoms with Crippen LogP contribution in [0.25, 0.3) is 0 Å². The second kappa shape index (κ2) is 23.7. The summed E-state index contributed by atoms with van der Waals surface area (Å²) in [5.41, 5.74) is 0. The van der Waals surface area contributed by atoms with Crippen LogP contribution in [-0.4, -0.2) is 12.6 Å². The predicted octanol–water partition coefficient (Wildman–Crippen LogP) is 9.40. The first kappa shape index (κ1) is 28.5. The van der Waals surface area contributed by atoms with E-state index in [0.717, 1.165) is 18.8 Å². The summed E-state index contributed by atoms with van der Waals surface area (Å²) in [5, 5.41) is 0. The summed E-state index contributed by atoms with van der Waals surface area (Å²) in [7, 11) is 0. The average Bonchev–Trinajstić information content (AvgIpc) is 2.70. The van der Waals surface area contributed by atoms with Crippen LogP contribution in [-0.2, 0) is 9.53 Å². The standard InChI is InChI=1S/C27H54O2/c1-4-5-6-7-8-9-10-11-12-13-16-19-22-25-29-27(28)24-21-18-15-14-17-20-23-26(2)3/h26H,4-25H2,1-3H3. The topological polar surface area (TPSA) is 26.3 Å². The molecule has 0 spiro atoms. The maximum absolute atomic E-state index is 11.7. The molecule has 0 aliphatic heterocycles. The van der Waals surface area contributed by atoms with E-state index in [-0.39, 0.29) is 5.97 Å². The molecule has 0 aliphatic carbocycles. The van der Waals surface area contributed by atoms with Gasteiger partial charge in [-0.3, -0.25) is 4.79 Å². The van der Waals surface area contributed by atoms with Crippen LogP contribution >= 0.6 is 0 Å². The number of rotatable bonds is 23. The highest BCUT2D eigenvalue weighted by Gasteiger charge is 2.02. The molecule has 0 saturated heterocycles. The van der Waals surface area contributed by atoms with Crippen molar-refractivity contribution in [2.75, 3.05) is 6.61 Å². The molecule has 174 valence electrons. The molecule has 0 rings (SSSR count). The Labute approximate surface area is 184 Å². The van der Waals surface area contributed by atoms with Crippen LogP contribution in [0.15, 0.2) is 0 Å². The summed E-state index contributed by atoms with van der Waals surface area (Å²) in [6, 6.07) is 0. The summed E-state index contributed by atoms with van der Waals surface area (Å²) >= 11 is 0. The molecule has 0 aromatic rings. The lowest BCUT2D eigenvalue weighted by atomic mass is 10.0. The van der Waals surface area contributed by atoms with E-state index in [0.29, 0.717) is 13.0 Å². The van der Waals surface area contributed by atoms with Gasteiger partial charge in [-0.05, 0) is 18.8 Å². The summed E-state index contributed by atoms with van der Waals surface area (Å²) in [4.78, 5) is 11.7. The monoisotopic (exact) mass is 410 g/mol. The zero-order valence-electron chi connectivity index (χ0n) is 20.5. The van der Waals surface area contributed by atoms with Crippen LogP contribution in [0.3, 0.4) is 0 Å². The molecule has 2 heteroatoms. The van der Waals surface area contributed by atoms with Crippen molar-refractivity contribution in [3.63, 3.8) is 0 Å². The first-order valence-corrected chi connectivity index (χ1v) is 13.3. The van der Waals surface area contributed by atoms with Crippen molar-refractivity contribution in [1.29, 1.82) is 0 Å². The fourth-order valence-electron chi connectivity index (χ4n) is 3.91. The van der Waals surface area contributed by atoms with E-state index in [2.05, 4.69) is 20.8 Å². The van der Waals surface area contributed by atoms with Gasteiger partial charge in [0.25, 0.3) is 0 Å². The normalized spacial score (nSPS) is 11.3. The molecule has 0 atom stereocenters. The molecule has 0 aliphatic rings. The van der Waals surface area contributed by atoms with Crippen molar-refractivity contribution in [2.24, 2.45) is 5.92 Å². The molecule has 0 aromatic carbocycles. The Balaban J connectivity index is 3.14. The smallest absolute Gasteiger partial charge is 0.305 e. The minimum absolute atomic E-state index is 0.0174. The van der Waals surface area contributed by atoms with Gasteiger partial charge in [0.05, 0.1) is 6.61 Å². The van der Waals surface area contributed by atoms with Gasteiger partial charge in [0.2, 0.25) is 0 Å². The molecule has 0 bridgehead atoms. The van der Waals surface area contributed by atoms with E-state index in [9.17, 15) is 4.79 Å². The van der Waals surface area contributed by atoms with E-state index in [1.54, 1.807) is 0 Å². The molecule has 0 N–H and O–H groups in total. The van der Waals surface area contributed by atoms with Gasteiger partial charge in [0.15, 0.2) is 0 Å². The van der Waals surface area contributed by atoms with Crippen molar-refractivity contribution in [2.45, 2.75) is 156 Å². The molecule has 29 heavy (non-hydrogen) atoms. The lowest BCUT2D eigenvalue weighted by Crippen LogP contribution is -2.05. The molecule has 0 fully saturated rings. The molecule has 0 saturated carbocycles. The number of carbonyl (C=O) groups excluding carboxylic acids is 1. The second-order valence-electron chi connectivity index (χ2n) is 9.52. The number of carbonyl (C=O) groups is 1. The average molecular weight is 411 g/mol. The third-order valence-corrected chi connectivity index (χ3v) is 5.92. The molecular formula is C27H54O2. The fraction of sp³-hybridized carbons (Fsp3) is 0.963. The molecule has 2 nitrogen and oxygen atoms in total. The van der Waals surface area contributed by atoms with Gasteiger partial charge in [0, 0.05) is 6.42 Å². The Kier molecular flexibility index (Phi) is 23.3. The third-order valence-electron chi connectivity index (χ3n) is 5.92. The highest BCUT2D eigenvalue weighted by atomic mass is 16.5. The Morgan fingerprint density at radius 3 is 1.48 bits per heavy atom. The maximum Gasteiger partial charge on any atom is 0.305 e. The van der Waals surface area contributed by atoms with Crippen LogP contribution < -0.4 is 0 Å². The van der Waals surface area contributed by atoms with Gasteiger partial charge >= 0.3 is 5.97 Å². The van der Waals surface area contributed by atoms with Crippen LogP contribution in [0.2, 0.25) is 0 Å². The molecular weight excluding hydrogens is 356 g/mol. The Morgan fingerprint density at radius 2 is 1.00 bits per heavy atom. The van der Waals surface area contributed by atoms with Gasteiger partial charge in [-0.1, -0.05) is 136 Å². The van der Waals surface area contributed by atoms with Crippen molar-refractivity contribution in [3.05, 3.63) is 0 Å². The number of hydrogen-bond donors (Lipinski definition) is 0. The first-order chi connectivity index (χ1) is 14.2. The Morgan fingerprint density at radius 1 is 0.586 bits per heavy atom. The molecule has 0 unspecified atom stereocenters. The van der Waals surface area contributed by atoms with Crippen LogP contribution in [0.5, 0.6) is 0 Å². The SMILES string of the molecule is CCCCCCCCCCCCCCCOC(=O)CCCCCCCCC(C)C. The van der Waals surface area contributed by atoms with Gasteiger partial charge in [-0.15, -0.1) is 0 Å². The van der Waals surface area contributed by atoms with Crippen molar-refractivity contribution < 1.29 is 9.53 Å². The summed E-state index contributed by atoms with van der Waals surface area (Å²) < 4.78 is 5.37. The van der Waals surface area contributed by atoms with Gasteiger partial charge in [-0.2, -0.15) is 0 Å². The van der Waals surface area contributed by atoms with Gasteiger partial charge in [0.1, 0.15) is 0 Å². The fourth-order valence-corrected chi connectivity index (χ4v) is 3.91. The zero-order chi connectivity index (χ0) is 21.4. The van der Waals surface area contributed by atoms with Crippen molar-refractivity contribution >= 4 is 5.97 Å². The van der Waals surface area contributed by atoms with E-state index < -0.39 is 0 Å². The number of ether oxygens (including phenoxy) is 1.